The lowest BCUT2D eigenvalue weighted by molar-refractivity contribution is -0.133. The van der Waals surface area contributed by atoms with E-state index in [0.29, 0.717) is 23.8 Å². The van der Waals surface area contributed by atoms with Crippen molar-refractivity contribution in [2.75, 3.05) is 45.8 Å². The molecule has 0 saturated carbocycles. The van der Waals surface area contributed by atoms with Gasteiger partial charge in [-0.1, -0.05) is 5.16 Å². The van der Waals surface area contributed by atoms with E-state index in [2.05, 4.69) is 26.9 Å². The van der Waals surface area contributed by atoms with E-state index in [0.717, 1.165) is 57.7 Å². The van der Waals surface area contributed by atoms with Gasteiger partial charge in [-0.15, -0.1) is 0 Å². The second kappa shape index (κ2) is 9.22. The third-order valence-electron chi connectivity index (χ3n) is 6.24. The molecule has 0 radical (unpaired) electrons. The van der Waals surface area contributed by atoms with Crippen LogP contribution in [0.5, 0.6) is 0 Å². The smallest absolute Gasteiger partial charge is 0.244 e. The number of nitrogens with zero attached hydrogens (tertiary/aromatic N) is 5. The van der Waals surface area contributed by atoms with Gasteiger partial charge < -0.3 is 9.42 Å². The van der Waals surface area contributed by atoms with Gasteiger partial charge in [0.15, 0.2) is 0 Å². The molecule has 1 atom stereocenters. The molecule has 8 heteroatoms. The summed E-state index contributed by atoms with van der Waals surface area (Å²) in [7, 11) is 0. The summed E-state index contributed by atoms with van der Waals surface area (Å²) in [5.41, 5.74) is 1.30. The molecule has 2 aliphatic rings. The number of carbonyl (C=O) groups is 1. The van der Waals surface area contributed by atoms with Crippen molar-refractivity contribution in [2.24, 2.45) is 0 Å². The van der Waals surface area contributed by atoms with Gasteiger partial charge in [-0.3, -0.25) is 14.6 Å². The van der Waals surface area contributed by atoms with Crippen LogP contribution in [-0.4, -0.2) is 76.6 Å². The Morgan fingerprint density at radius 2 is 1.87 bits per heavy atom. The average molecular weight is 416 g/mol. The summed E-state index contributed by atoms with van der Waals surface area (Å²) < 4.78 is 19.0. The number of piperazine rings is 1. The van der Waals surface area contributed by atoms with Crippen molar-refractivity contribution < 1.29 is 13.7 Å². The number of likely N-dealkylation sites (tertiary alicyclic amines) is 1. The van der Waals surface area contributed by atoms with E-state index in [1.807, 2.05) is 4.90 Å². The Labute approximate surface area is 176 Å². The maximum absolute atomic E-state index is 13.5. The Morgan fingerprint density at radius 3 is 2.57 bits per heavy atom. The number of hydrogen-bond donors (Lipinski definition) is 0. The van der Waals surface area contributed by atoms with Crippen molar-refractivity contribution >= 4 is 5.91 Å². The number of rotatable bonds is 5. The Balaban J connectivity index is 1.31. The number of aryl methyl sites for hydroxylation is 1. The third-order valence-corrected chi connectivity index (χ3v) is 6.24. The van der Waals surface area contributed by atoms with E-state index in [1.54, 1.807) is 19.1 Å². The topological polar surface area (TPSA) is 65.7 Å². The lowest BCUT2D eigenvalue weighted by Crippen LogP contribution is -2.51. The molecule has 1 aromatic carbocycles. The number of hydrogen-bond acceptors (Lipinski definition) is 6. The zero-order chi connectivity index (χ0) is 21.1. The fourth-order valence-electron chi connectivity index (χ4n) is 4.21. The highest BCUT2D eigenvalue weighted by Gasteiger charge is 2.28. The van der Waals surface area contributed by atoms with Crippen LogP contribution in [0.3, 0.4) is 0 Å². The molecule has 4 rings (SSSR count). The molecular weight excluding hydrogens is 385 g/mol. The summed E-state index contributed by atoms with van der Waals surface area (Å²) in [6.07, 6.45) is 3.49. The highest BCUT2D eigenvalue weighted by Crippen LogP contribution is 2.24. The van der Waals surface area contributed by atoms with Crippen molar-refractivity contribution in [1.82, 2.24) is 24.8 Å². The standard InChI is InChI=1S/C22H30FN5O2/c1-16-14-18(6-7-19(16)23)21-24-22(30-25-21)17(2)27-12-10-26(11-13-27)15-20(29)28-8-4-3-5-9-28/h6-7,14,17H,3-5,8-13,15H2,1-2H3. The van der Waals surface area contributed by atoms with Crippen molar-refractivity contribution in [1.29, 1.82) is 0 Å². The van der Waals surface area contributed by atoms with Gasteiger partial charge in [0.1, 0.15) is 5.82 Å². The van der Waals surface area contributed by atoms with Crippen molar-refractivity contribution in [3.8, 4) is 11.4 Å². The molecule has 0 bridgehead atoms. The first-order chi connectivity index (χ1) is 14.5. The Bertz CT molecular complexity index is 872. The van der Waals surface area contributed by atoms with Crippen molar-refractivity contribution in [3.05, 3.63) is 35.5 Å². The number of carbonyl (C=O) groups excluding carboxylic acids is 1. The van der Waals surface area contributed by atoms with Crippen LogP contribution in [0.1, 0.15) is 43.7 Å². The predicted octanol–water partition coefficient (Wildman–Crippen LogP) is 2.88. The van der Waals surface area contributed by atoms with E-state index in [4.69, 9.17) is 4.52 Å². The number of amides is 1. The first-order valence-electron chi connectivity index (χ1n) is 10.9. The second-order valence-electron chi connectivity index (χ2n) is 8.35. The molecule has 2 fully saturated rings. The summed E-state index contributed by atoms with van der Waals surface area (Å²) in [6.45, 7) is 9.50. The molecule has 0 aliphatic carbocycles. The van der Waals surface area contributed by atoms with Gasteiger partial charge >= 0.3 is 0 Å². The number of piperidine rings is 1. The summed E-state index contributed by atoms with van der Waals surface area (Å²) in [4.78, 5) is 23.6. The molecule has 7 nitrogen and oxygen atoms in total. The molecule has 1 aromatic heterocycles. The SMILES string of the molecule is Cc1cc(-c2noc(C(C)N3CCN(CC(=O)N4CCCCC4)CC3)n2)ccc1F. The summed E-state index contributed by atoms with van der Waals surface area (Å²) in [6, 6.07) is 4.81. The molecule has 0 spiro atoms. The van der Waals surface area contributed by atoms with Crippen LogP contribution in [0.4, 0.5) is 4.39 Å². The van der Waals surface area contributed by atoms with Gasteiger partial charge in [0, 0.05) is 44.8 Å². The first kappa shape index (κ1) is 20.9. The van der Waals surface area contributed by atoms with Crippen molar-refractivity contribution in [3.63, 3.8) is 0 Å². The van der Waals surface area contributed by atoms with Gasteiger partial charge in [0.2, 0.25) is 17.6 Å². The van der Waals surface area contributed by atoms with Crippen molar-refractivity contribution in [2.45, 2.75) is 39.2 Å². The molecule has 1 unspecified atom stereocenters. The van der Waals surface area contributed by atoms with Gasteiger partial charge in [0.25, 0.3) is 0 Å². The minimum absolute atomic E-state index is 0.00672. The fourth-order valence-corrected chi connectivity index (χ4v) is 4.21. The monoisotopic (exact) mass is 415 g/mol. The van der Waals surface area contributed by atoms with Crippen LogP contribution in [0, 0.1) is 12.7 Å². The van der Waals surface area contributed by atoms with Crippen LogP contribution < -0.4 is 0 Å². The molecule has 1 amide bonds. The lowest BCUT2D eigenvalue weighted by atomic mass is 10.1. The van der Waals surface area contributed by atoms with Gasteiger partial charge in [-0.05, 0) is 56.9 Å². The molecule has 2 aliphatic heterocycles. The van der Waals surface area contributed by atoms with Crippen LogP contribution >= 0.6 is 0 Å². The van der Waals surface area contributed by atoms with Crippen LogP contribution in [0.25, 0.3) is 11.4 Å². The van der Waals surface area contributed by atoms with Crippen LogP contribution in [-0.2, 0) is 4.79 Å². The molecule has 30 heavy (non-hydrogen) atoms. The maximum Gasteiger partial charge on any atom is 0.244 e. The Morgan fingerprint density at radius 1 is 1.13 bits per heavy atom. The summed E-state index contributed by atoms with van der Waals surface area (Å²) >= 11 is 0. The normalized spacial score (nSPS) is 19.8. The van der Waals surface area contributed by atoms with E-state index in [9.17, 15) is 9.18 Å². The van der Waals surface area contributed by atoms with Gasteiger partial charge in [0.05, 0.1) is 12.6 Å². The Hall–Kier alpha value is -2.32. The number of aromatic nitrogens is 2. The minimum atomic E-state index is -0.243. The second-order valence-corrected chi connectivity index (χ2v) is 8.35. The van der Waals surface area contributed by atoms with Crippen LogP contribution in [0.15, 0.2) is 22.7 Å². The quantitative estimate of drug-likeness (QED) is 0.748. The zero-order valence-corrected chi connectivity index (χ0v) is 17.8. The molecule has 162 valence electrons. The first-order valence-corrected chi connectivity index (χ1v) is 10.9. The summed E-state index contributed by atoms with van der Waals surface area (Å²) in [5, 5.41) is 4.08. The van der Waals surface area contributed by atoms with Gasteiger partial charge in [-0.25, -0.2) is 4.39 Å². The molecule has 3 heterocycles. The fraction of sp³-hybridized carbons (Fsp3) is 0.591. The zero-order valence-electron chi connectivity index (χ0n) is 17.8. The highest BCUT2D eigenvalue weighted by molar-refractivity contribution is 5.78. The molecule has 0 N–H and O–H groups in total. The van der Waals surface area contributed by atoms with Crippen LogP contribution in [0.2, 0.25) is 0 Å². The van der Waals surface area contributed by atoms with E-state index in [-0.39, 0.29) is 17.8 Å². The average Bonchev–Trinajstić information content (AvgIpc) is 3.26. The Kier molecular flexibility index (Phi) is 6.43. The van der Waals surface area contributed by atoms with E-state index < -0.39 is 0 Å². The third kappa shape index (κ3) is 4.70. The van der Waals surface area contributed by atoms with Gasteiger partial charge in [-0.2, -0.15) is 4.98 Å². The highest BCUT2D eigenvalue weighted by atomic mass is 19.1. The largest absolute Gasteiger partial charge is 0.342 e. The summed E-state index contributed by atoms with van der Waals surface area (Å²) in [5.74, 6) is 1.05. The maximum atomic E-state index is 13.5. The number of benzene rings is 1. The van der Waals surface area contributed by atoms with E-state index >= 15 is 0 Å². The minimum Gasteiger partial charge on any atom is -0.342 e. The number of halogens is 1. The van der Waals surface area contributed by atoms with E-state index in [1.165, 1.54) is 12.5 Å². The molecule has 2 saturated heterocycles. The predicted molar refractivity (Wildman–Crippen MR) is 111 cm³/mol. The molecule has 2 aromatic rings. The molecular formula is C22H30FN5O2. The lowest BCUT2D eigenvalue weighted by Gasteiger charge is -2.37.